The summed E-state index contributed by atoms with van der Waals surface area (Å²) in [5.41, 5.74) is -9.09. The van der Waals surface area contributed by atoms with Gasteiger partial charge in [-0.3, -0.25) is 0 Å². The van der Waals surface area contributed by atoms with Gasteiger partial charge in [-0.2, -0.15) is 158 Å². The van der Waals surface area contributed by atoms with Crippen molar-refractivity contribution < 1.29 is 196 Å². The minimum Gasteiger partial charge on any atom is -0.448 e. The van der Waals surface area contributed by atoms with Crippen molar-refractivity contribution in [3.63, 3.8) is 0 Å². The Balaban J connectivity index is 0.000000186. The van der Waals surface area contributed by atoms with Crippen molar-refractivity contribution in [2.75, 3.05) is 28.4 Å². The summed E-state index contributed by atoms with van der Waals surface area (Å²) in [5.74, 6) is -87.0. The molecule has 8 aromatic carbocycles. The lowest BCUT2D eigenvalue weighted by Crippen LogP contribution is -2.88. The van der Waals surface area contributed by atoms with Gasteiger partial charge in [0.25, 0.3) is 0 Å². The molecule has 4 aliphatic rings. The zero-order chi connectivity index (χ0) is 92.5. The molecule has 668 valence electrons. The summed E-state index contributed by atoms with van der Waals surface area (Å²) < 4.78 is 530. The highest BCUT2D eigenvalue weighted by molar-refractivity contribution is 5.66. The summed E-state index contributed by atoms with van der Waals surface area (Å²) in [6.07, 6.45) is -24.0. The van der Waals surface area contributed by atoms with Crippen LogP contribution in [0.3, 0.4) is 0 Å². The number of hydrogen-bond acceptors (Lipinski definition) is 8. The molecule has 8 aromatic rings. The molecule has 0 saturated heterocycles. The molecule has 12 rings (SSSR count). The fourth-order valence-corrected chi connectivity index (χ4v) is 13.2. The highest BCUT2D eigenvalue weighted by Gasteiger charge is 3.05. The molecule has 0 bridgehead atoms. The molecule has 4 fully saturated rings. The van der Waals surface area contributed by atoms with Crippen molar-refractivity contribution in [2.45, 2.75) is 157 Å². The Bertz CT molecular complexity index is 4670. The Hall–Kier alpha value is -9.72. The molecule has 44 heteroatoms. The average Bonchev–Trinajstić information content (AvgIpc) is 0.668. The van der Waals surface area contributed by atoms with Gasteiger partial charge in [0.2, 0.25) is 10.8 Å². The number of benzene rings is 8. The van der Waals surface area contributed by atoms with Crippen molar-refractivity contribution in [3.8, 4) is 45.3 Å². The average molecular weight is 1810 g/mol. The number of rotatable bonds is 18. The van der Waals surface area contributed by atoms with Gasteiger partial charge in [-0.1, -0.05) is 168 Å². The van der Waals surface area contributed by atoms with Crippen LogP contribution in [0.1, 0.15) is 44.5 Å². The Morgan fingerprint density at radius 2 is 0.303 bits per heavy atom. The lowest BCUT2D eigenvalue weighted by Gasteiger charge is -2.55. The highest BCUT2D eigenvalue weighted by Crippen LogP contribution is 2.73. The van der Waals surface area contributed by atoms with Gasteiger partial charge in [0, 0.05) is 28.4 Å². The van der Waals surface area contributed by atoms with Gasteiger partial charge in [-0.15, -0.1) is 0 Å². The van der Waals surface area contributed by atoms with E-state index in [4.69, 9.17) is 0 Å². The summed E-state index contributed by atoms with van der Waals surface area (Å²) in [6.45, 7) is 6.62. The van der Waals surface area contributed by atoms with E-state index in [2.05, 4.69) is 37.9 Å². The highest BCUT2D eigenvalue weighted by atomic mass is 19.4. The molecule has 8 unspecified atom stereocenters. The predicted octanol–water partition coefficient (Wildman–Crippen LogP) is 24.7. The maximum Gasteiger partial charge on any atom is 0.411 e. The summed E-state index contributed by atoms with van der Waals surface area (Å²) in [6, 6.07) is 32.1. The first-order chi connectivity index (χ1) is 55.5. The van der Waals surface area contributed by atoms with Crippen LogP contribution in [0.4, 0.5) is 158 Å². The van der Waals surface area contributed by atoms with E-state index in [1.807, 2.05) is 38.1 Å². The van der Waals surface area contributed by atoms with Crippen LogP contribution in [0.2, 0.25) is 0 Å². The van der Waals surface area contributed by atoms with Crippen LogP contribution < -0.4 is 18.9 Å². The van der Waals surface area contributed by atoms with Gasteiger partial charge in [0.15, 0.2) is 0 Å². The molecule has 0 heterocycles. The molecule has 122 heavy (non-hydrogen) atoms. The van der Waals surface area contributed by atoms with Gasteiger partial charge in [0.05, 0.1) is 0 Å². The van der Waals surface area contributed by atoms with E-state index in [1.54, 1.807) is 24.3 Å². The Morgan fingerprint density at radius 1 is 0.180 bits per heavy atom. The molecule has 8 atom stereocenters. The van der Waals surface area contributed by atoms with Crippen LogP contribution in [-0.4, -0.2) is 147 Å². The lowest BCUT2D eigenvalue weighted by atomic mass is 9.72. The molecule has 0 spiro atoms. The minimum atomic E-state index is -5.99. The Kier molecular flexibility index (Phi) is 24.1. The van der Waals surface area contributed by atoms with E-state index in [0.717, 1.165) is 70.8 Å². The topological polar surface area (TPSA) is 73.8 Å². The van der Waals surface area contributed by atoms with Crippen LogP contribution in [0.5, 0.6) is 23.0 Å². The van der Waals surface area contributed by atoms with Crippen LogP contribution in [0.25, 0.3) is 22.3 Å². The van der Waals surface area contributed by atoms with E-state index < -0.39 is 175 Å². The molecule has 0 aliphatic heterocycles. The summed E-state index contributed by atoms with van der Waals surface area (Å²) >= 11 is 0. The van der Waals surface area contributed by atoms with Crippen molar-refractivity contribution in [1.82, 2.24) is 0 Å². The smallest absolute Gasteiger partial charge is 0.411 e. The van der Waals surface area contributed by atoms with E-state index >= 15 is 0 Å². The van der Waals surface area contributed by atoms with Crippen LogP contribution in [-0.2, 0) is 29.8 Å². The SMILES string of the molecule is COC1(F)C(F)(F)C(F)(F)C1(F)Oc1ccc(-c2ccc(C)cc2)cc1.COC1(F)C(F)(F)C(F)(F)C1(F)Oc1ccc(-c2ccc(C)cc2)cc1.COC1(F)C(F)(F)C(F)(F)C1(F)Oc1ccc(C(c2ccc(C)cc2)(C(F)(F)F)C(F)(F)F)cc1.COC1(F)C(F)(F)C(F)(F)C1(F)Oc1ccc(C(c2ccc(C)cc2)(C(F)(F)F)C(F)(F)F)cc1. The zero-order valence-corrected chi connectivity index (χ0v) is 62.3. The number of ether oxygens (including phenoxy) is 8. The molecular formula is C78H56F36O8. The maximum absolute atomic E-state index is 14.6. The van der Waals surface area contributed by atoms with E-state index in [9.17, 15) is 158 Å². The zero-order valence-electron chi connectivity index (χ0n) is 62.3. The van der Waals surface area contributed by atoms with Gasteiger partial charge < -0.3 is 37.9 Å². The van der Waals surface area contributed by atoms with Crippen LogP contribution in [0.15, 0.2) is 194 Å². The number of alkyl halides is 36. The predicted molar refractivity (Wildman–Crippen MR) is 355 cm³/mol. The molecule has 0 radical (unpaired) electrons. The van der Waals surface area contributed by atoms with E-state index in [1.165, 1.54) is 38.1 Å². The van der Waals surface area contributed by atoms with Gasteiger partial charge >= 0.3 is 119 Å². The summed E-state index contributed by atoms with van der Waals surface area (Å²) in [7, 11) is 0.988. The van der Waals surface area contributed by atoms with Crippen molar-refractivity contribution in [2.24, 2.45) is 0 Å². The molecule has 8 nitrogen and oxygen atoms in total. The van der Waals surface area contributed by atoms with E-state index in [0.29, 0.717) is 60.7 Å². The quantitative estimate of drug-likeness (QED) is 0.0787. The van der Waals surface area contributed by atoms with Gasteiger partial charge in [-0.25, -0.2) is 0 Å². The first-order valence-electron chi connectivity index (χ1n) is 34.0. The van der Waals surface area contributed by atoms with Crippen molar-refractivity contribution in [3.05, 3.63) is 239 Å². The third kappa shape index (κ3) is 13.3. The second kappa shape index (κ2) is 30.6. The molecular weight excluding hydrogens is 1750 g/mol. The van der Waals surface area contributed by atoms with Gasteiger partial charge in [-0.05, 0) is 121 Å². The minimum absolute atomic E-state index is 0.126. The first kappa shape index (κ1) is 96.1. The molecule has 4 saturated carbocycles. The first-order valence-corrected chi connectivity index (χ1v) is 34.0. The summed E-state index contributed by atoms with van der Waals surface area (Å²) in [5, 5.41) is 0. The maximum atomic E-state index is 14.6. The third-order valence-corrected chi connectivity index (χ3v) is 20.3. The monoisotopic (exact) mass is 1800 g/mol. The van der Waals surface area contributed by atoms with Gasteiger partial charge in [0.1, 0.15) is 23.0 Å². The standard InChI is InChI=1S/2C21H14F12O2.2C18H14F6O2/c2*1-11-3-5-12(6-4-11)15(20(28,29)30,21(31,32)33)13-7-9-14(10-8-13)35-19(27)17(24,25)16(22,23)18(19,26)34-2;2*1-11-3-5-12(6-4-11)13-7-9-14(10-8-13)26-18(24)16(21,22)15(19,20)17(18,23)25-2/h2*3-10H,1-2H3;2*3-10H,1-2H3. The van der Waals surface area contributed by atoms with E-state index in [-0.39, 0.29) is 62.8 Å². The second-order valence-electron chi connectivity index (χ2n) is 27.6. The fraction of sp³-hybridized carbons (Fsp3) is 0.385. The number of aryl methyl sites for hydroxylation is 4. The normalized spacial score (nSPS) is 27.4. The molecule has 0 amide bonds. The van der Waals surface area contributed by atoms with Crippen LogP contribution in [0, 0.1) is 27.7 Å². The molecule has 0 N–H and O–H groups in total. The largest absolute Gasteiger partial charge is 0.448 e. The lowest BCUT2D eigenvalue weighted by molar-refractivity contribution is -0.538. The number of halogens is 36. The molecule has 4 aliphatic carbocycles. The third-order valence-electron chi connectivity index (χ3n) is 20.3. The summed E-state index contributed by atoms with van der Waals surface area (Å²) in [4.78, 5) is 0. The second-order valence-corrected chi connectivity index (χ2v) is 27.6. The van der Waals surface area contributed by atoms with Crippen molar-refractivity contribution >= 4 is 0 Å². The van der Waals surface area contributed by atoms with Crippen LogP contribution >= 0.6 is 0 Å². The number of methoxy groups -OCH3 is 4. The Morgan fingerprint density at radius 3 is 0.451 bits per heavy atom. The fourth-order valence-electron chi connectivity index (χ4n) is 13.2. The number of hydrogen-bond donors (Lipinski definition) is 0. The van der Waals surface area contributed by atoms with Crippen molar-refractivity contribution in [1.29, 1.82) is 0 Å². The Labute approximate surface area is 664 Å². The molecule has 0 aromatic heterocycles.